The van der Waals surface area contributed by atoms with Crippen LogP contribution in [0.5, 0.6) is 5.75 Å². The molecule has 1 aliphatic heterocycles. The zero-order valence-corrected chi connectivity index (χ0v) is 11.5. The van der Waals surface area contributed by atoms with Crippen molar-refractivity contribution in [3.05, 3.63) is 58.1 Å². The number of fused-ring (bicyclic) bond motifs is 1. The number of halogens is 1. The number of nitrogens with one attached hydrogen (secondary N) is 1. The number of rotatable bonds is 3. The molecule has 92 valence electrons. The molecule has 1 heterocycles. The predicted octanol–water partition coefficient (Wildman–Crippen LogP) is 4.00. The minimum absolute atomic E-state index is 0.595. The van der Waals surface area contributed by atoms with Gasteiger partial charge in [0.05, 0.1) is 4.47 Å². The van der Waals surface area contributed by atoms with Crippen molar-refractivity contribution < 1.29 is 4.74 Å². The second kappa shape index (κ2) is 5.02. The summed E-state index contributed by atoms with van der Waals surface area (Å²) >= 11 is 3.48. The van der Waals surface area contributed by atoms with E-state index in [2.05, 4.69) is 39.4 Å². The fourth-order valence-electron chi connectivity index (χ4n) is 2.15. The maximum Gasteiger partial charge on any atom is 0.133 e. The number of anilines is 1. The van der Waals surface area contributed by atoms with E-state index in [-0.39, 0.29) is 0 Å². The maximum atomic E-state index is 5.81. The molecule has 1 aliphatic rings. The standard InChI is InChI=1S/C15H14BrNO/c16-13-3-1-2-4-15(13)18-10-11-5-6-12-7-8-17-14(12)9-11/h1-6,9,17H,7-8,10H2. The molecule has 0 saturated heterocycles. The van der Waals surface area contributed by atoms with Gasteiger partial charge in [-0.15, -0.1) is 0 Å². The van der Waals surface area contributed by atoms with Gasteiger partial charge in [-0.05, 0) is 51.7 Å². The summed E-state index contributed by atoms with van der Waals surface area (Å²) in [6, 6.07) is 14.4. The van der Waals surface area contributed by atoms with Crippen molar-refractivity contribution in [3.63, 3.8) is 0 Å². The van der Waals surface area contributed by atoms with Gasteiger partial charge in [-0.3, -0.25) is 0 Å². The summed E-state index contributed by atoms with van der Waals surface area (Å²) in [5.74, 6) is 0.881. The maximum absolute atomic E-state index is 5.81. The topological polar surface area (TPSA) is 21.3 Å². The molecule has 0 spiro atoms. The van der Waals surface area contributed by atoms with Crippen LogP contribution in [-0.2, 0) is 13.0 Å². The Morgan fingerprint density at radius 3 is 2.94 bits per heavy atom. The lowest BCUT2D eigenvalue weighted by Gasteiger charge is -2.09. The van der Waals surface area contributed by atoms with E-state index in [0.717, 1.165) is 23.2 Å². The van der Waals surface area contributed by atoms with Gasteiger partial charge in [-0.25, -0.2) is 0 Å². The lowest BCUT2D eigenvalue weighted by atomic mass is 10.1. The Morgan fingerprint density at radius 2 is 2.06 bits per heavy atom. The van der Waals surface area contributed by atoms with Crippen LogP contribution in [0.25, 0.3) is 0 Å². The number of hydrogen-bond acceptors (Lipinski definition) is 2. The Labute approximate surface area is 115 Å². The summed E-state index contributed by atoms with van der Waals surface area (Å²) in [4.78, 5) is 0. The van der Waals surface area contributed by atoms with E-state index >= 15 is 0 Å². The van der Waals surface area contributed by atoms with E-state index in [4.69, 9.17) is 4.74 Å². The highest BCUT2D eigenvalue weighted by Gasteiger charge is 2.10. The second-order valence-electron chi connectivity index (χ2n) is 4.39. The van der Waals surface area contributed by atoms with Gasteiger partial charge < -0.3 is 10.1 Å². The fraction of sp³-hybridized carbons (Fsp3) is 0.200. The minimum atomic E-state index is 0.595. The average Bonchev–Trinajstić information content (AvgIpc) is 2.85. The van der Waals surface area contributed by atoms with Gasteiger partial charge in [-0.2, -0.15) is 0 Å². The van der Waals surface area contributed by atoms with Crippen LogP contribution in [-0.4, -0.2) is 6.54 Å². The molecular formula is C15H14BrNO. The van der Waals surface area contributed by atoms with E-state index in [1.54, 1.807) is 0 Å². The van der Waals surface area contributed by atoms with Crippen molar-refractivity contribution in [1.82, 2.24) is 0 Å². The van der Waals surface area contributed by atoms with Crippen LogP contribution in [0.15, 0.2) is 46.9 Å². The molecule has 0 atom stereocenters. The second-order valence-corrected chi connectivity index (χ2v) is 5.24. The predicted molar refractivity (Wildman–Crippen MR) is 77.1 cm³/mol. The van der Waals surface area contributed by atoms with E-state index in [9.17, 15) is 0 Å². The van der Waals surface area contributed by atoms with Gasteiger partial charge in [0.1, 0.15) is 12.4 Å². The Bertz CT molecular complexity index is 568. The van der Waals surface area contributed by atoms with E-state index < -0.39 is 0 Å². The molecule has 0 radical (unpaired) electrons. The Balaban J connectivity index is 1.72. The van der Waals surface area contributed by atoms with Crippen molar-refractivity contribution in [2.24, 2.45) is 0 Å². The third-order valence-electron chi connectivity index (χ3n) is 3.12. The molecule has 0 bridgehead atoms. The van der Waals surface area contributed by atoms with Crippen LogP contribution < -0.4 is 10.1 Å². The largest absolute Gasteiger partial charge is 0.488 e. The summed E-state index contributed by atoms with van der Waals surface area (Å²) in [5, 5.41) is 3.39. The smallest absolute Gasteiger partial charge is 0.133 e. The monoisotopic (exact) mass is 303 g/mol. The molecule has 1 N–H and O–H groups in total. The van der Waals surface area contributed by atoms with Gasteiger partial charge in [0.2, 0.25) is 0 Å². The average molecular weight is 304 g/mol. The van der Waals surface area contributed by atoms with Crippen LogP contribution in [0.2, 0.25) is 0 Å². The summed E-state index contributed by atoms with van der Waals surface area (Å²) in [5.41, 5.74) is 3.85. The highest BCUT2D eigenvalue weighted by molar-refractivity contribution is 9.10. The SMILES string of the molecule is Brc1ccccc1OCc1ccc2c(c1)NCC2. The molecule has 0 fully saturated rings. The van der Waals surface area contributed by atoms with Crippen LogP contribution in [0.1, 0.15) is 11.1 Å². The Morgan fingerprint density at radius 1 is 1.17 bits per heavy atom. The Kier molecular flexibility index (Phi) is 3.24. The zero-order chi connectivity index (χ0) is 12.4. The number of ether oxygens (including phenoxy) is 1. The summed E-state index contributed by atoms with van der Waals surface area (Å²) in [6.45, 7) is 1.64. The van der Waals surface area contributed by atoms with Crippen LogP contribution in [0, 0.1) is 0 Å². The molecule has 2 aromatic carbocycles. The summed E-state index contributed by atoms with van der Waals surface area (Å²) < 4.78 is 6.80. The molecule has 0 saturated carbocycles. The van der Waals surface area contributed by atoms with Crippen LogP contribution in [0.4, 0.5) is 5.69 Å². The van der Waals surface area contributed by atoms with Crippen molar-refractivity contribution in [3.8, 4) is 5.75 Å². The fourth-order valence-corrected chi connectivity index (χ4v) is 2.55. The molecule has 0 amide bonds. The molecule has 0 aliphatic carbocycles. The highest BCUT2D eigenvalue weighted by atomic mass is 79.9. The lowest BCUT2D eigenvalue weighted by Crippen LogP contribution is -1.97. The first kappa shape index (κ1) is 11.6. The van der Waals surface area contributed by atoms with Gasteiger partial charge in [0.15, 0.2) is 0 Å². The van der Waals surface area contributed by atoms with Crippen molar-refractivity contribution in [1.29, 1.82) is 0 Å². The molecule has 2 aromatic rings. The molecule has 3 heteroatoms. The molecule has 0 aromatic heterocycles. The van der Waals surface area contributed by atoms with Gasteiger partial charge in [0, 0.05) is 12.2 Å². The molecular weight excluding hydrogens is 290 g/mol. The summed E-state index contributed by atoms with van der Waals surface area (Å²) in [7, 11) is 0. The number of hydrogen-bond donors (Lipinski definition) is 1. The van der Waals surface area contributed by atoms with Gasteiger partial charge >= 0.3 is 0 Å². The van der Waals surface area contributed by atoms with E-state index in [1.165, 1.54) is 16.8 Å². The number of benzene rings is 2. The molecule has 3 rings (SSSR count). The van der Waals surface area contributed by atoms with Gasteiger partial charge in [-0.1, -0.05) is 24.3 Å². The Hall–Kier alpha value is -1.48. The van der Waals surface area contributed by atoms with E-state index in [1.807, 2.05) is 24.3 Å². The third-order valence-corrected chi connectivity index (χ3v) is 3.77. The first-order valence-corrected chi connectivity index (χ1v) is 6.85. The molecule has 18 heavy (non-hydrogen) atoms. The lowest BCUT2D eigenvalue weighted by molar-refractivity contribution is 0.304. The van der Waals surface area contributed by atoms with Crippen LogP contribution >= 0.6 is 15.9 Å². The van der Waals surface area contributed by atoms with Crippen molar-refractivity contribution >= 4 is 21.6 Å². The zero-order valence-electron chi connectivity index (χ0n) is 9.95. The quantitative estimate of drug-likeness (QED) is 0.925. The van der Waals surface area contributed by atoms with Crippen molar-refractivity contribution in [2.45, 2.75) is 13.0 Å². The third kappa shape index (κ3) is 2.36. The van der Waals surface area contributed by atoms with Crippen LogP contribution in [0.3, 0.4) is 0 Å². The first-order valence-electron chi connectivity index (χ1n) is 6.06. The number of para-hydroxylation sites is 1. The molecule has 2 nitrogen and oxygen atoms in total. The molecule has 0 unspecified atom stereocenters. The van der Waals surface area contributed by atoms with Crippen molar-refractivity contribution in [2.75, 3.05) is 11.9 Å². The first-order chi connectivity index (χ1) is 8.83. The normalized spacial score (nSPS) is 12.9. The highest BCUT2D eigenvalue weighted by Crippen LogP contribution is 2.26. The van der Waals surface area contributed by atoms with E-state index in [0.29, 0.717) is 6.61 Å². The summed E-state index contributed by atoms with van der Waals surface area (Å²) in [6.07, 6.45) is 1.13. The van der Waals surface area contributed by atoms with Gasteiger partial charge in [0.25, 0.3) is 0 Å². The minimum Gasteiger partial charge on any atom is -0.488 e.